The van der Waals surface area contributed by atoms with Crippen molar-refractivity contribution in [3.63, 3.8) is 0 Å². The standard InChI is InChI=1S/C27H26N2O3S2/c1-27(2)16-21-22(17-32-27)34-24-23(21)25(30)29(19-11-13-20(31-3)14-12-19)26(28-24)33-15-7-10-18-8-5-4-6-9-18/h4-14H,15-17H2,1-3H3. The number of thioether (sulfide) groups is 1. The van der Waals surface area contributed by atoms with Crippen LogP contribution in [0.2, 0.25) is 0 Å². The summed E-state index contributed by atoms with van der Waals surface area (Å²) in [4.78, 5) is 20.8. The molecule has 4 aromatic rings. The number of aromatic nitrogens is 2. The second kappa shape index (κ2) is 9.41. The molecule has 3 heterocycles. The zero-order valence-electron chi connectivity index (χ0n) is 19.4. The Hall–Kier alpha value is -2.87. The lowest BCUT2D eigenvalue weighted by Gasteiger charge is -2.29. The average Bonchev–Trinajstić information content (AvgIpc) is 3.19. The van der Waals surface area contributed by atoms with Gasteiger partial charge in [0, 0.05) is 17.1 Å². The summed E-state index contributed by atoms with van der Waals surface area (Å²) in [5.41, 5.74) is 2.68. The lowest BCUT2D eigenvalue weighted by Crippen LogP contribution is -2.32. The molecular formula is C27H26N2O3S2. The van der Waals surface area contributed by atoms with Crippen LogP contribution in [0.4, 0.5) is 0 Å². The molecule has 7 heteroatoms. The number of rotatable bonds is 6. The summed E-state index contributed by atoms with van der Waals surface area (Å²) in [6, 6.07) is 17.7. The first-order chi connectivity index (χ1) is 16.4. The summed E-state index contributed by atoms with van der Waals surface area (Å²) in [5, 5.41) is 1.40. The molecular weight excluding hydrogens is 464 g/mol. The fourth-order valence-corrected chi connectivity index (χ4v) is 6.07. The summed E-state index contributed by atoms with van der Waals surface area (Å²) < 4.78 is 13.0. The molecule has 34 heavy (non-hydrogen) atoms. The molecule has 0 saturated carbocycles. The molecule has 1 aliphatic rings. The molecule has 0 radical (unpaired) electrons. The van der Waals surface area contributed by atoms with Crippen LogP contribution >= 0.6 is 23.1 Å². The number of methoxy groups -OCH3 is 1. The maximum atomic E-state index is 13.9. The van der Waals surface area contributed by atoms with Crippen LogP contribution in [0.5, 0.6) is 5.75 Å². The summed E-state index contributed by atoms with van der Waals surface area (Å²) in [5.74, 6) is 1.45. The van der Waals surface area contributed by atoms with Crippen molar-refractivity contribution < 1.29 is 9.47 Å². The van der Waals surface area contributed by atoms with Crippen molar-refractivity contribution in [1.82, 2.24) is 9.55 Å². The SMILES string of the molecule is COc1ccc(-n2c(SCC=Cc3ccccc3)nc3sc4c(c3c2=O)CC(C)(C)OC4)cc1. The second-order valence-electron chi connectivity index (χ2n) is 8.77. The molecule has 0 fully saturated rings. The van der Waals surface area contributed by atoms with E-state index in [1.165, 1.54) is 0 Å². The lowest BCUT2D eigenvalue weighted by molar-refractivity contribution is -0.0379. The van der Waals surface area contributed by atoms with Gasteiger partial charge in [-0.15, -0.1) is 11.3 Å². The van der Waals surface area contributed by atoms with Crippen molar-refractivity contribution in [2.24, 2.45) is 0 Å². The molecule has 1 aliphatic heterocycles. The quantitative estimate of drug-likeness (QED) is 0.241. The Kier molecular flexibility index (Phi) is 6.34. The maximum Gasteiger partial charge on any atom is 0.267 e. The minimum absolute atomic E-state index is 0.0279. The third kappa shape index (κ3) is 4.56. The molecule has 0 atom stereocenters. The normalized spacial score (nSPS) is 15.0. The molecule has 0 N–H and O–H groups in total. The van der Waals surface area contributed by atoms with E-state index in [0.29, 0.717) is 23.9 Å². The van der Waals surface area contributed by atoms with Crippen LogP contribution in [0.3, 0.4) is 0 Å². The van der Waals surface area contributed by atoms with Gasteiger partial charge in [0.15, 0.2) is 5.16 Å². The van der Waals surface area contributed by atoms with Gasteiger partial charge in [-0.3, -0.25) is 9.36 Å². The Morgan fingerprint density at radius 1 is 1.18 bits per heavy atom. The van der Waals surface area contributed by atoms with Crippen molar-refractivity contribution >= 4 is 39.4 Å². The van der Waals surface area contributed by atoms with Gasteiger partial charge in [0.2, 0.25) is 0 Å². The minimum Gasteiger partial charge on any atom is -0.497 e. The second-order valence-corrected chi connectivity index (χ2v) is 10.8. The van der Waals surface area contributed by atoms with Crippen LogP contribution in [0, 0.1) is 0 Å². The Bertz CT molecular complexity index is 1400. The predicted molar refractivity (Wildman–Crippen MR) is 141 cm³/mol. The van der Waals surface area contributed by atoms with E-state index in [0.717, 1.165) is 37.7 Å². The molecule has 2 aromatic heterocycles. The Balaban J connectivity index is 1.58. The smallest absolute Gasteiger partial charge is 0.267 e. The molecule has 0 saturated heterocycles. The fourth-order valence-electron chi connectivity index (χ4n) is 4.10. The van der Waals surface area contributed by atoms with Crippen molar-refractivity contribution in [3.05, 3.63) is 87.0 Å². The van der Waals surface area contributed by atoms with Crippen LogP contribution in [0.15, 0.2) is 70.6 Å². The highest BCUT2D eigenvalue weighted by Crippen LogP contribution is 2.38. The molecule has 0 aliphatic carbocycles. The Morgan fingerprint density at radius 3 is 2.68 bits per heavy atom. The lowest BCUT2D eigenvalue weighted by atomic mass is 9.94. The predicted octanol–water partition coefficient (Wildman–Crippen LogP) is 6.11. The van der Waals surface area contributed by atoms with Gasteiger partial charge in [-0.05, 0) is 49.2 Å². The van der Waals surface area contributed by atoms with Gasteiger partial charge >= 0.3 is 0 Å². The largest absolute Gasteiger partial charge is 0.497 e. The van der Waals surface area contributed by atoms with E-state index >= 15 is 0 Å². The number of fused-ring (bicyclic) bond motifs is 3. The molecule has 0 unspecified atom stereocenters. The van der Waals surface area contributed by atoms with Gasteiger partial charge in [-0.2, -0.15) is 0 Å². The van der Waals surface area contributed by atoms with E-state index in [1.807, 2.05) is 42.5 Å². The minimum atomic E-state index is -0.298. The van der Waals surface area contributed by atoms with Gasteiger partial charge < -0.3 is 9.47 Å². The number of thiophene rings is 1. The number of nitrogens with zero attached hydrogens (tertiary/aromatic N) is 2. The van der Waals surface area contributed by atoms with Crippen molar-refractivity contribution in [1.29, 1.82) is 0 Å². The van der Waals surface area contributed by atoms with Gasteiger partial charge in [-0.25, -0.2) is 4.98 Å². The highest BCUT2D eigenvalue weighted by atomic mass is 32.2. The van der Waals surface area contributed by atoms with E-state index in [9.17, 15) is 4.79 Å². The third-order valence-electron chi connectivity index (χ3n) is 5.82. The molecule has 2 aromatic carbocycles. The van der Waals surface area contributed by atoms with Gasteiger partial charge in [-0.1, -0.05) is 54.2 Å². The molecule has 5 rings (SSSR count). The van der Waals surface area contributed by atoms with Gasteiger partial charge in [0.1, 0.15) is 10.6 Å². The van der Waals surface area contributed by atoms with Crippen LogP contribution in [-0.2, 0) is 17.8 Å². The van der Waals surface area contributed by atoms with Crippen molar-refractivity contribution in [2.75, 3.05) is 12.9 Å². The van der Waals surface area contributed by atoms with E-state index in [-0.39, 0.29) is 11.2 Å². The van der Waals surface area contributed by atoms with E-state index in [2.05, 4.69) is 38.1 Å². The molecule has 5 nitrogen and oxygen atoms in total. The van der Waals surface area contributed by atoms with Crippen molar-refractivity contribution in [2.45, 2.75) is 37.6 Å². The highest BCUT2D eigenvalue weighted by Gasteiger charge is 2.31. The summed E-state index contributed by atoms with van der Waals surface area (Å²) >= 11 is 3.13. The first-order valence-corrected chi connectivity index (χ1v) is 13.0. The summed E-state index contributed by atoms with van der Waals surface area (Å²) in [6.07, 6.45) is 4.89. The monoisotopic (exact) mass is 490 g/mol. The number of hydrogen-bond acceptors (Lipinski definition) is 6. The van der Waals surface area contributed by atoms with E-state index < -0.39 is 0 Å². The van der Waals surface area contributed by atoms with Crippen LogP contribution in [0.25, 0.3) is 22.0 Å². The summed E-state index contributed by atoms with van der Waals surface area (Å²) in [7, 11) is 1.64. The molecule has 0 spiro atoms. The van der Waals surface area contributed by atoms with Gasteiger partial charge in [0.25, 0.3) is 5.56 Å². The molecule has 0 bridgehead atoms. The first kappa shape index (κ1) is 22.9. The van der Waals surface area contributed by atoms with Gasteiger partial charge in [0.05, 0.1) is 30.4 Å². The van der Waals surface area contributed by atoms with E-state index in [4.69, 9.17) is 14.5 Å². The zero-order valence-corrected chi connectivity index (χ0v) is 21.0. The van der Waals surface area contributed by atoms with Crippen molar-refractivity contribution in [3.8, 4) is 11.4 Å². The van der Waals surface area contributed by atoms with E-state index in [1.54, 1.807) is 34.8 Å². The fraction of sp³-hybridized carbons (Fsp3) is 0.259. The highest BCUT2D eigenvalue weighted by molar-refractivity contribution is 7.99. The average molecular weight is 491 g/mol. The van der Waals surface area contributed by atoms with Crippen LogP contribution in [-0.4, -0.2) is 28.0 Å². The maximum absolute atomic E-state index is 13.9. The Morgan fingerprint density at radius 2 is 1.94 bits per heavy atom. The molecule has 0 amide bonds. The first-order valence-electron chi connectivity index (χ1n) is 11.2. The summed E-state index contributed by atoms with van der Waals surface area (Å²) in [6.45, 7) is 4.66. The number of ether oxygens (including phenoxy) is 2. The Labute approximate surface area is 207 Å². The zero-order chi connectivity index (χ0) is 23.7. The van der Waals surface area contributed by atoms with Crippen LogP contribution < -0.4 is 10.3 Å². The topological polar surface area (TPSA) is 53.4 Å². The number of benzene rings is 2. The number of hydrogen-bond donors (Lipinski definition) is 0. The van der Waals surface area contributed by atoms with Crippen LogP contribution in [0.1, 0.15) is 29.9 Å². The molecule has 174 valence electrons. The third-order valence-corrected chi connectivity index (χ3v) is 7.81.